The summed E-state index contributed by atoms with van der Waals surface area (Å²) >= 11 is 1.41. The summed E-state index contributed by atoms with van der Waals surface area (Å²) in [4.78, 5) is 7.02. The van der Waals surface area contributed by atoms with Gasteiger partial charge in [-0.2, -0.15) is 4.37 Å². The number of allylic oxidation sites excluding steroid dienone is 1. The van der Waals surface area contributed by atoms with Crippen molar-refractivity contribution in [3.63, 3.8) is 0 Å². The smallest absolute Gasteiger partial charge is 0.172 e. The molecule has 3 aromatic rings. The van der Waals surface area contributed by atoms with Crippen molar-refractivity contribution in [1.82, 2.24) is 9.36 Å². The van der Waals surface area contributed by atoms with Gasteiger partial charge in [0.25, 0.3) is 0 Å². The lowest BCUT2D eigenvalue weighted by atomic mass is 9.77. The number of benzene rings is 2. The highest BCUT2D eigenvalue weighted by Crippen LogP contribution is 2.40. The van der Waals surface area contributed by atoms with E-state index in [2.05, 4.69) is 70.6 Å². The third-order valence-corrected chi connectivity index (χ3v) is 9.18. The van der Waals surface area contributed by atoms with Gasteiger partial charge in [0.05, 0.1) is 0 Å². The molecule has 36 heavy (non-hydrogen) atoms. The van der Waals surface area contributed by atoms with E-state index >= 15 is 0 Å². The lowest BCUT2D eigenvalue weighted by Crippen LogP contribution is -2.33. The van der Waals surface area contributed by atoms with Crippen molar-refractivity contribution in [3.8, 4) is 11.4 Å². The minimum absolute atomic E-state index is 0.608. The number of aromatic nitrogens is 2. The monoisotopic (exact) mass is 499 g/mol. The first-order chi connectivity index (χ1) is 17.6. The van der Waals surface area contributed by atoms with Crippen LogP contribution in [0.5, 0.6) is 0 Å². The number of aryl methyl sites for hydroxylation is 2. The van der Waals surface area contributed by atoms with Gasteiger partial charge in [0.15, 0.2) is 5.82 Å². The molecule has 0 saturated heterocycles. The zero-order valence-corrected chi connectivity index (χ0v) is 22.9. The maximum absolute atomic E-state index is 4.70. The van der Waals surface area contributed by atoms with E-state index in [0.29, 0.717) is 17.8 Å². The van der Waals surface area contributed by atoms with Crippen LogP contribution >= 0.6 is 11.5 Å². The highest BCUT2D eigenvalue weighted by Gasteiger charge is 2.28. The van der Waals surface area contributed by atoms with Gasteiger partial charge in [-0.25, -0.2) is 4.98 Å². The summed E-state index contributed by atoms with van der Waals surface area (Å²) in [5, 5.41) is 0. The number of hydrogen-bond acceptors (Lipinski definition) is 4. The molecule has 0 spiro atoms. The average molecular weight is 500 g/mol. The van der Waals surface area contributed by atoms with Crippen molar-refractivity contribution in [1.29, 1.82) is 0 Å². The standard InChI is InChI=1S/C32H41N3S/c1-4-26-17-18-29(19-23(26)2)28-15-13-25(14-16-28)21-35(24(3)27-9-6-5-7-10-27)31-12-8-11-30(20-31)32-33-22-36-34-32/h8,11-12,17-20,22,25,27-28H,3-7,9-10,13-16,21H2,1-2H3. The Morgan fingerprint density at radius 1 is 1.00 bits per heavy atom. The largest absolute Gasteiger partial charge is 0.345 e. The Morgan fingerprint density at radius 2 is 1.81 bits per heavy atom. The van der Waals surface area contributed by atoms with E-state index in [0.717, 1.165) is 24.4 Å². The predicted octanol–water partition coefficient (Wildman–Crippen LogP) is 8.95. The zero-order chi connectivity index (χ0) is 24.9. The number of hydrogen-bond donors (Lipinski definition) is 0. The summed E-state index contributed by atoms with van der Waals surface area (Å²) in [5.74, 6) is 2.85. The molecule has 0 bridgehead atoms. The van der Waals surface area contributed by atoms with Crippen molar-refractivity contribution >= 4 is 17.2 Å². The maximum Gasteiger partial charge on any atom is 0.172 e. The summed E-state index contributed by atoms with van der Waals surface area (Å²) in [6.07, 6.45) is 12.9. The molecule has 0 aliphatic heterocycles. The van der Waals surface area contributed by atoms with Crippen LogP contribution in [0.25, 0.3) is 11.4 Å². The maximum atomic E-state index is 4.70. The Balaban J connectivity index is 1.31. The third-order valence-electron chi connectivity index (χ3n) is 8.71. The van der Waals surface area contributed by atoms with Crippen LogP contribution in [-0.4, -0.2) is 15.9 Å². The molecule has 0 N–H and O–H groups in total. The van der Waals surface area contributed by atoms with Crippen LogP contribution in [0.4, 0.5) is 5.69 Å². The topological polar surface area (TPSA) is 29.0 Å². The van der Waals surface area contributed by atoms with Crippen LogP contribution in [0.3, 0.4) is 0 Å². The molecule has 0 unspecified atom stereocenters. The fourth-order valence-corrected chi connectivity index (χ4v) is 6.91. The molecular formula is C32H41N3S. The fourth-order valence-electron chi connectivity index (χ4n) is 6.46. The summed E-state index contributed by atoms with van der Waals surface area (Å²) in [6, 6.07) is 16.0. The third kappa shape index (κ3) is 5.75. The van der Waals surface area contributed by atoms with Crippen LogP contribution in [-0.2, 0) is 6.42 Å². The summed E-state index contributed by atoms with van der Waals surface area (Å²) in [5.41, 5.74) is 9.99. The Labute approximate surface area is 221 Å². The quantitative estimate of drug-likeness (QED) is 0.310. The molecule has 2 fully saturated rings. The normalized spacial score (nSPS) is 20.8. The molecule has 5 rings (SSSR count). The second-order valence-corrected chi connectivity index (χ2v) is 11.6. The molecule has 190 valence electrons. The molecule has 0 amide bonds. The van der Waals surface area contributed by atoms with Gasteiger partial charge in [-0.15, -0.1) is 0 Å². The van der Waals surface area contributed by atoms with Crippen molar-refractivity contribution in [2.75, 3.05) is 11.4 Å². The van der Waals surface area contributed by atoms with E-state index in [-0.39, 0.29) is 0 Å². The minimum atomic E-state index is 0.608. The van der Waals surface area contributed by atoms with Gasteiger partial charge >= 0.3 is 0 Å². The molecule has 2 aliphatic carbocycles. The van der Waals surface area contributed by atoms with E-state index in [4.69, 9.17) is 6.58 Å². The second kappa shape index (κ2) is 11.7. The predicted molar refractivity (Wildman–Crippen MR) is 154 cm³/mol. The molecule has 2 saturated carbocycles. The molecular weight excluding hydrogens is 458 g/mol. The van der Waals surface area contributed by atoms with Gasteiger partial charge in [-0.05, 0) is 110 Å². The Kier molecular flexibility index (Phi) is 8.21. The lowest BCUT2D eigenvalue weighted by molar-refractivity contribution is 0.323. The van der Waals surface area contributed by atoms with Crippen molar-refractivity contribution in [3.05, 3.63) is 76.9 Å². The molecule has 2 aromatic carbocycles. The van der Waals surface area contributed by atoms with E-state index in [1.165, 1.54) is 91.8 Å². The van der Waals surface area contributed by atoms with Crippen molar-refractivity contribution in [2.45, 2.75) is 84.0 Å². The SMILES string of the molecule is C=C(C1CCCCC1)N(CC1CCC(c2ccc(CC)c(C)c2)CC1)c1cccc(-c2ncsn2)c1. The average Bonchev–Trinajstić information content (AvgIpc) is 3.48. The molecule has 0 radical (unpaired) electrons. The van der Waals surface area contributed by atoms with Gasteiger partial charge in [0, 0.05) is 23.5 Å². The van der Waals surface area contributed by atoms with Gasteiger partial charge < -0.3 is 4.90 Å². The van der Waals surface area contributed by atoms with Crippen LogP contribution in [0.15, 0.2) is 60.3 Å². The lowest BCUT2D eigenvalue weighted by Gasteiger charge is -2.38. The van der Waals surface area contributed by atoms with E-state index in [1.807, 2.05) is 5.51 Å². The first-order valence-electron chi connectivity index (χ1n) is 14.0. The highest BCUT2D eigenvalue weighted by atomic mass is 32.1. The molecule has 4 heteroatoms. The molecule has 1 aromatic heterocycles. The van der Waals surface area contributed by atoms with Crippen LogP contribution in [0.1, 0.15) is 87.3 Å². The Bertz CT molecular complexity index is 1140. The van der Waals surface area contributed by atoms with Crippen molar-refractivity contribution in [2.24, 2.45) is 11.8 Å². The summed E-state index contributed by atoms with van der Waals surface area (Å²) < 4.78 is 4.48. The Morgan fingerprint density at radius 3 is 2.50 bits per heavy atom. The van der Waals surface area contributed by atoms with Gasteiger partial charge in [-0.1, -0.05) is 63.1 Å². The van der Waals surface area contributed by atoms with Crippen LogP contribution in [0, 0.1) is 18.8 Å². The number of nitrogens with zero attached hydrogens (tertiary/aromatic N) is 3. The molecule has 2 aliphatic rings. The second-order valence-electron chi connectivity index (χ2n) is 11.0. The summed E-state index contributed by atoms with van der Waals surface area (Å²) in [7, 11) is 0. The summed E-state index contributed by atoms with van der Waals surface area (Å²) in [6.45, 7) is 10.3. The zero-order valence-electron chi connectivity index (χ0n) is 22.1. The van der Waals surface area contributed by atoms with Crippen LogP contribution < -0.4 is 4.90 Å². The fraction of sp³-hybridized carbons (Fsp3) is 0.500. The number of anilines is 1. The Hall–Kier alpha value is -2.46. The van der Waals surface area contributed by atoms with Gasteiger partial charge in [-0.3, -0.25) is 0 Å². The molecule has 1 heterocycles. The molecule has 3 nitrogen and oxygen atoms in total. The number of rotatable bonds is 8. The first-order valence-corrected chi connectivity index (χ1v) is 14.9. The van der Waals surface area contributed by atoms with Crippen LogP contribution in [0.2, 0.25) is 0 Å². The van der Waals surface area contributed by atoms with Crippen molar-refractivity contribution < 1.29 is 0 Å². The highest BCUT2D eigenvalue weighted by molar-refractivity contribution is 7.03. The van der Waals surface area contributed by atoms with E-state index in [1.54, 1.807) is 5.56 Å². The minimum Gasteiger partial charge on any atom is -0.345 e. The molecule has 0 atom stereocenters. The van der Waals surface area contributed by atoms with Gasteiger partial charge in [0.2, 0.25) is 0 Å². The van der Waals surface area contributed by atoms with E-state index < -0.39 is 0 Å². The first kappa shape index (κ1) is 25.2. The van der Waals surface area contributed by atoms with E-state index in [9.17, 15) is 0 Å². The van der Waals surface area contributed by atoms with Gasteiger partial charge in [0.1, 0.15) is 5.51 Å².